The molecule has 1 atom stereocenters. The molecule has 0 aromatic carbocycles. The zero-order valence-corrected chi connectivity index (χ0v) is 10.7. The molecule has 1 aromatic heterocycles. The highest BCUT2D eigenvalue weighted by Gasteiger charge is 2.07. The number of aromatic nitrogens is 2. The van der Waals surface area contributed by atoms with Crippen LogP contribution in [0, 0.1) is 0 Å². The van der Waals surface area contributed by atoms with Gasteiger partial charge < -0.3 is 10.6 Å². The van der Waals surface area contributed by atoms with Crippen LogP contribution in [0.5, 0.6) is 0 Å². The number of nitrogens with zero attached hydrogens (tertiary/aromatic N) is 3. The molecular weight excluding hydrogens is 200 g/mol. The first-order valence-corrected chi connectivity index (χ1v) is 6.03. The minimum absolute atomic E-state index is 0.293. The van der Waals surface area contributed by atoms with Crippen molar-refractivity contribution >= 4 is 0 Å². The fourth-order valence-electron chi connectivity index (χ4n) is 1.89. The molecule has 4 heteroatoms. The largest absolute Gasteiger partial charge is 0.327 e. The SMILES string of the molecule is CCCCC(N)CN(C)Cc1cnn(C)c1. The van der Waals surface area contributed by atoms with Crippen LogP contribution >= 0.6 is 0 Å². The summed E-state index contributed by atoms with van der Waals surface area (Å²) in [6.45, 7) is 4.08. The van der Waals surface area contributed by atoms with Crippen LogP contribution in [0.4, 0.5) is 0 Å². The van der Waals surface area contributed by atoms with E-state index in [0.717, 1.165) is 19.5 Å². The number of hydrogen-bond donors (Lipinski definition) is 1. The second kappa shape index (κ2) is 6.66. The summed E-state index contributed by atoms with van der Waals surface area (Å²) in [5, 5.41) is 4.16. The zero-order chi connectivity index (χ0) is 12.0. The van der Waals surface area contributed by atoms with E-state index in [9.17, 15) is 0 Å². The van der Waals surface area contributed by atoms with Crippen molar-refractivity contribution in [3.05, 3.63) is 18.0 Å². The van der Waals surface area contributed by atoms with Gasteiger partial charge in [0.2, 0.25) is 0 Å². The molecule has 4 nitrogen and oxygen atoms in total. The molecule has 1 unspecified atom stereocenters. The molecule has 0 aliphatic carbocycles. The maximum Gasteiger partial charge on any atom is 0.0534 e. The van der Waals surface area contributed by atoms with E-state index in [2.05, 4.69) is 24.0 Å². The topological polar surface area (TPSA) is 47.1 Å². The summed E-state index contributed by atoms with van der Waals surface area (Å²) in [4.78, 5) is 2.26. The summed E-state index contributed by atoms with van der Waals surface area (Å²) in [6, 6.07) is 0.293. The minimum atomic E-state index is 0.293. The summed E-state index contributed by atoms with van der Waals surface area (Å²) < 4.78 is 1.83. The van der Waals surface area contributed by atoms with Gasteiger partial charge in [0.1, 0.15) is 0 Å². The molecular formula is C12H24N4. The summed E-state index contributed by atoms with van der Waals surface area (Å²) >= 11 is 0. The van der Waals surface area contributed by atoms with Gasteiger partial charge in [-0.1, -0.05) is 19.8 Å². The van der Waals surface area contributed by atoms with Crippen molar-refractivity contribution in [3.8, 4) is 0 Å². The van der Waals surface area contributed by atoms with Crippen LogP contribution in [-0.4, -0.2) is 34.3 Å². The van der Waals surface area contributed by atoms with Crippen molar-refractivity contribution in [1.29, 1.82) is 0 Å². The van der Waals surface area contributed by atoms with Gasteiger partial charge in [0, 0.05) is 37.9 Å². The molecule has 92 valence electrons. The van der Waals surface area contributed by atoms with Crippen LogP contribution in [0.15, 0.2) is 12.4 Å². The Kier molecular flexibility index (Phi) is 5.49. The fourth-order valence-corrected chi connectivity index (χ4v) is 1.89. The predicted octanol–water partition coefficient (Wildman–Crippen LogP) is 1.37. The number of nitrogens with two attached hydrogens (primary N) is 1. The number of unbranched alkanes of at least 4 members (excludes halogenated alkanes) is 1. The van der Waals surface area contributed by atoms with Crippen LogP contribution in [0.1, 0.15) is 31.7 Å². The third-order valence-corrected chi connectivity index (χ3v) is 2.69. The molecule has 1 rings (SSSR count). The Hall–Kier alpha value is -0.870. The van der Waals surface area contributed by atoms with Crippen LogP contribution in [0.25, 0.3) is 0 Å². The first kappa shape index (κ1) is 13.2. The maximum atomic E-state index is 6.06. The summed E-state index contributed by atoms with van der Waals surface area (Å²) in [6.07, 6.45) is 7.53. The van der Waals surface area contributed by atoms with Crippen molar-refractivity contribution in [1.82, 2.24) is 14.7 Å². The van der Waals surface area contributed by atoms with Gasteiger partial charge in [-0.05, 0) is 13.5 Å². The highest BCUT2D eigenvalue weighted by atomic mass is 15.2. The number of rotatable bonds is 7. The smallest absolute Gasteiger partial charge is 0.0534 e. The molecule has 2 N–H and O–H groups in total. The lowest BCUT2D eigenvalue weighted by molar-refractivity contribution is 0.295. The fraction of sp³-hybridized carbons (Fsp3) is 0.750. The maximum absolute atomic E-state index is 6.06. The molecule has 0 aliphatic rings. The van der Waals surface area contributed by atoms with Gasteiger partial charge in [0.25, 0.3) is 0 Å². The molecule has 1 heterocycles. The third kappa shape index (κ3) is 4.77. The normalized spacial score (nSPS) is 13.3. The first-order chi connectivity index (χ1) is 7.61. The van der Waals surface area contributed by atoms with Gasteiger partial charge >= 0.3 is 0 Å². The van der Waals surface area contributed by atoms with E-state index in [1.807, 2.05) is 24.1 Å². The van der Waals surface area contributed by atoms with Crippen molar-refractivity contribution in [3.63, 3.8) is 0 Å². The Bertz CT molecular complexity index is 295. The third-order valence-electron chi connectivity index (χ3n) is 2.69. The molecule has 0 fully saturated rings. The molecule has 0 aliphatic heterocycles. The summed E-state index contributed by atoms with van der Waals surface area (Å²) in [5.41, 5.74) is 7.30. The van der Waals surface area contributed by atoms with Gasteiger partial charge in [-0.2, -0.15) is 5.10 Å². The number of likely N-dealkylation sites (N-methyl/N-ethyl adjacent to an activating group) is 1. The standard InChI is InChI=1S/C12H24N4/c1-4-5-6-12(13)10-15(2)8-11-7-14-16(3)9-11/h7,9,12H,4-6,8,10,13H2,1-3H3. The predicted molar refractivity (Wildman–Crippen MR) is 67.0 cm³/mol. The number of hydrogen-bond acceptors (Lipinski definition) is 3. The lowest BCUT2D eigenvalue weighted by atomic mass is 10.1. The van der Waals surface area contributed by atoms with Gasteiger partial charge in [0.15, 0.2) is 0 Å². The second-order valence-corrected chi connectivity index (χ2v) is 4.62. The highest BCUT2D eigenvalue weighted by molar-refractivity contribution is 5.03. The Balaban J connectivity index is 2.27. The Morgan fingerprint density at radius 1 is 1.56 bits per heavy atom. The molecule has 1 aromatic rings. The van der Waals surface area contributed by atoms with Crippen molar-refractivity contribution in [2.24, 2.45) is 12.8 Å². The lowest BCUT2D eigenvalue weighted by Crippen LogP contribution is -2.34. The van der Waals surface area contributed by atoms with E-state index in [0.29, 0.717) is 6.04 Å². The van der Waals surface area contributed by atoms with E-state index in [-0.39, 0.29) is 0 Å². The molecule has 0 radical (unpaired) electrons. The van der Waals surface area contributed by atoms with E-state index in [1.54, 1.807) is 0 Å². The average Bonchev–Trinajstić information content (AvgIpc) is 2.60. The van der Waals surface area contributed by atoms with E-state index < -0.39 is 0 Å². The van der Waals surface area contributed by atoms with E-state index >= 15 is 0 Å². The molecule has 0 bridgehead atoms. The average molecular weight is 224 g/mol. The van der Waals surface area contributed by atoms with Crippen LogP contribution in [0.2, 0.25) is 0 Å². The van der Waals surface area contributed by atoms with E-state index in [4.69, 9.17) is 5.73 Å². The first-order valence-electron chi connectivity index (χ1n) is 6.03. The minimum Gasteiger partial charge on any atom is -0.327 e. The zero-order valence-electron chi connectivity index (χ0n) is 10.7. The van der Waals surface area contributed by atoms with Crippen LogP contribution < -0.4 is 5.73 Å². The Labute approximate surface area is 98.4 Å². The highest BCUT2D eigenvalue weighted by Crippen LogP contribution is 2.04. The molecule has 16 heavy (non-hydrogen) atoms. The van der Waals surface area contributed by atoms with Gasteiger partial charge in [-0.3, -0.25) is 4.68 Å². The van der Waals surface area contributed by atoms with Gasteiger partial charge in [-0.25, -0.2) is 0 Å². The molecule has 0 amide bonds. The van der Waals surface area contributed by atoms with Gasteiger partial charge in [0.05, 0.1) is 6.20 Å². The second-order valence-electron chi connectivity index (χ2n) is 4.62. The molecule has 0 saturated heterocycles. The van der Waals surface area contributed by atoms with Crippen LogP contribution in [-0.2, 0) is 13.6 Å². The lowest BCUT2D eigenvalue weighted by Gasteiger charge is -2.20. The van der Waals surface area contributed by atoms with Crippen molar-refractivity contribution < 1.29 is 0 Å². The number of aryl methyl sites for hydroxylation is 1. The monoisotopic (exact) mass is 224 g/mol. The van der Waals surface area contributed by atoms with E-state index in [1.165, 1.54) is 18.4 Å². The Morgan fingerprint density at radius 2 is 2.31 bits per heavy atom. The summed E-state index contributed by atoms with van der Waals surface area (Å²) in [5.74, 6) is 0. The Morgan fingerprint density at radius 3 is 2.88 bits per heavy atom. The molecule has 0 spiro atoms. The molecule has 0 saturated carbocycles. The summed E-state index contributed by atoms with van der Waals surface area (Å²) in [7, 11) is 4.05. The van der Waals surface area contributed by atoms with Crippen molar-refractivity contribution in [2.45, 2.75) is 38.8 Å². The van der Waals surface area contributed by atoms with Crippen molar-refractivity contribution in [2.75, 3.05) is 13.6 Å². The van der Waals surface area contributed by atoms with Gasteiger partial charge in [-0.15, -0.1) is 0 Å². The quantitative estimate of drug-likeness (QED) is 0.761. The van der Waals surface area contributed by atoms with Crippen LogP contribution in [0.3, 0.4) is 0 Å².